The molecule has 0 aliphatic heterocycles. The number of benzene rings is 2. The van der Waals surface area contributed by atoms with Crippen LogP contribution in [0.3, 0.4) is 0 Å². The standard InChI is InChI=1S/C16H13Cl4NO3/c1-2-23-10-5-3-9(4-6-10)21-13(22)8-24-16-12(18)7-11(17)14(19)15(16)20/h3-7H,2,8H2,1H3,(H,21,22). The first-order valence-corrected chi connectivity index (χ1v) is 8.42. The molecule has 2 aromatic rings. The third kappa shape index (κ3) is 4.84. The van der Waals surface area contributed by atoms with Crippen molar-refractivity contribution in [3.63, 3.8) is 0 Å². The van der Waals surface area contributed by atoms with Gasteiger partial charge < -0.3 is 14.8 Å². The van der Waals surface area contributed by atoms with Crippen molar-refractivity contribution < 1.29 is 14.3 Å². The van der Waals surface area contributed by atoms with Gasteiger partial charge in [-0.25, -0.2) is 0 Å². The number of halogens is 4. The van der Waals surface area contributed by atoms with Crippen molar-refractivity contribution in [2.75, 3.05) is 18.5 Å². The van der Waals surface area contributed by atoms with E-state index in [0.29, 0.717) is 12.3 Å². The zero-order valence-corrected chi connectivity index (χ0v) is 15.6. The van der Waals surface area contributed by atoms with Gasteiger partial charge in [-0.3, -0.25) is 4.79 Å². The molecule has 0 saturated carbocycles. The fourth-order valence-electron chi connectivity index (χ4n) is 1.82. The van der Waals surface area contributed by atoms with E-state index >= 15 is 0 Å². The highest BCUT2D eigenvalue weighted by Gasteiger charge is 2.16. The van der Waals surface area contributed by atoms with Crippen molar-refractivity contribution in [1.29, 1.82) is 0 Å². The Morgan fingerprint density at radius 3 is 2.29 bits per heavy atom. The van der Waals surface area contributed by atoms with Gasteiger partial charge in [-0.15, -0.1) is 0 Å². The molecule has 1 N–H and O–H groups in total. The lowest BCUT2D eigenvalue weighted by atomic mass is 10.3. The molecule has 0 aromatic heterocycles. The molecule has 24 heavy (non-hydrogen) atoms. The van der Waals surface area contributed by atoms with Gasteiger partial charge in [0, 0.05) is 5.69 Å². The summed E-state index contributed by atoms with van der Waals surface area (Å²) in [6, 6.07) is 8.36. The van der Waals surface area contributed by atoms with Crippen LogP contribution in [-0.2, 0) is 4.79 Å². The molecular weight excluding hydrogens is 396 g/mol. The Balaban J connectivity index is 1.97. The second-order valence-electron chi connectivity index (χ2n) is 4.59. The van der Waals surface area contributed by atoms with E-state index in [2.05, 4.69) is 5.32 Å². The van der Waals surface area contributed by atoms with Gasteiger partial charge >= 0.3 is 0 Å². The number of nitrogens with one attached hydrogen (secondary N) is 1. The molecule has 8 heteroatoms. The minimum Gasteiger partial charge on any atom is -0.494 e. The van der Waals surface area contributed by atoms with E-state index in [-0.39, 0.29) is 38.4 Å². The number of hydrogen-bond acceptors (Lipinski definition) is 3. The van der Waals surface area contributed by atoms with Gasteiger partial charge in [0.1, 0.15) is 10.8 Å². The number of ether oxygens (including phenoxy) is 2. The van der Waals surface area contributed by atoms with Gasteiger partial charge in [-0.1, -0.05) is 46.4 Å². The van der Waals surface area contributed by atoms with E-state index in [1.54, 1.807) is 24.3 Å². The zero-order chi connectivity index (χ0) is 17.7. The predicted molar refractivity (Wildman–Crippen MR) is 98.2 cm³/mol. The average Bonchev–Trinajstić information content (AvgIpc) is 2.55. The third-order valence-electron chi connectivity index (χ3n) is 2.87. The lowest BCUT2D eigenvalue weighted by Crippen LogP contribution is -2.20. The Labute approximate surface area is 159 Å². The maximum atomic E-state index is 12.0. The van der Waals surface area contributed by atoms with E-state index in [1.807, 2.05) is 6.92 Å². The van der Waals surface area contributed by atoms with Gasteiger partial charge in [0.15, 0.2) is 12.4 Å². The van der Waals surface area contributed by atoms with Gasteiger partial charge in [0.2, 0.25) is 0 Å². The first kappa shape index (κ1) is 19.0. The van der Waals surface area contributed by atoms with Gasteiger partial charge in [0.05, 0.1) is 21.7 Å². The first-order chi connectivity index (χ1) is 11.4. The summed E-state index contributed by atoms with van der Waals surface area (Å²) in [5.74, 6) is 0.452. The van der Waals surface area contributed by atoms with Crippen LogP contribution in [0.4, 0.5) is 5.69 Å². The summed E-state index contributed by atoms with van der Waals surface area (Å²) in [6.07, 6.45) is 0. The Hall–Kier alpha value is -1.33. The van der Waals surface area contributed by atoms with Crippen LogP contribution in [0.5, 0.6) is 11.5 Å². The van der Waals surface area contributed by atoms with Crippen LogP contribution in [0.15, 0.2) is 30.3 Å². The first-order valence-electron chi connectivity index (χ1n) is 6.91. The summed E-state index contributed by atoms with van der Waals surface area (Å²) in [4.78, 5) is 12.0. The minimum absolute atomic E-state index is 0.0584. The molecule has 0 spiro atoms. The smallest absolute Gasteiger partial charge is 0.262 e. The summed E-state index contributed by atoms with van der Waals surface area (Å²) < 4.78 is 10.7. The van der Waals surface area contributed by atoms with Crippen molar-refractivity contribution in [2.45, 2.75) is 6.92 Å². The van der Waals surface area contributed by atoms with E-state index in [1.165, 1.54) is 6.07 Å². The molecular formula is C16H13Cl4NO3. The molecule has 0 heterocycles. The molecule has 1 amide bonds. The van der Waals surface area contributed by atoms with Crippen molar-refractivity contribution >= 4 is 58.0 Å². The normalized spacial score (nSPS) is 10.4. The Morgan fingerprint density at radius 1 is 1.00 bits per heavy atom. The Morgan fingerprint density at radius 2 is 1.67 bits per heavy atom. The highest BCUT2D eigenvalue weighted by molar-refractivity contribution is 6.50. The summed E-state index contributed by atoms with van der Waals surface area (Å²) >= 11 is 23.8. The molecule has 2 rings (SSSR count). The molecule has 0 bridgehead atoms. The Kier molecular flexibility index (Phi) is 6.87. The van der Waals surface area contributed by atoms with Crippen LogP contribution in [-0.4, -0.2) is 19.1 Å². The minimum atomic E-state index is -0.377. The van der Waals surface area contributed by atoms with Crippen molar-refractivity contribution in [3.05, 3.63) is 50.4 Å². The predicted octanol–water partition coefficient (Wildman–Crippen LogP) is 5.72. The van der Waals surface area contributed by atoms with Gasteiger partial charge in [-0.05, 0) is 37.3 Å². The molecule has 0 aliphatic carbocycles. The number of rotatable bonds is 6. The van der Waals surface area contributed by atoms with Crippen LogP contribution >= 0.6 is 46.4 Å². The molecule has 0 fully saturated rings. The quantitative estimate of drug-likeness (QED) is 0.491. The number of hydrogen-bond donors (Lipinski definition) is 1. The van der Waals surface area contributed by atoms with Crippen molar-refractivity contribution in [1.82, 2.24) is 0 Å². The Bertz CT molecular complexity index is 735. The summed E-state index contributed by atoms with van der Waals surface area (Å²) in [7, 11) is 0. The van der Waals surface area contributed by atoms with Crippen LogP contribution in [0.2, 0.25) is 20.1 Å². The molecule has 4 nitrogen and oxygen atoms in total. The number of amides is 1. The fourth-order valence-corrected chi connectivity index (χ4v) is 2.83. The van der Waals surface area contributed by atoms with E-state index in [9.17, 15) is 4.79 Å². The van der Waals surface area contributed by atoms with Gasteiger partial charge in [-0.2, -0.15) is 0 Å². The third-order valence-corrected chi connectivity index (χ3v) is 4.39. The molecule has 0 saturated heterocycles. The lowest BCUT2D eigenvalue weighted by Gasteiger charge is -2.12. The topological polar surface area (TPSA) is 47.6 Å². The highest BCUT2D eigenvalue weighted by atomic mass is 35.5. The molecule has 128 valence electrons. The lowest BCUT2D eigenvalue weighted by molar-refractivity contribution is -0.118. The number of carbonyl (C=O) groups excluding carboxylic acids is 1. The van der Waals surface area contributed by atoms with Crippen LogP contribution in [0, 0.1) is 0 Å². The summed E-state index contributed by atoms with van der Waals surface area (Å²) in [5.41, 5.74) is 0.610. The molecule has 2 aromatic carbocycles. The molecule has 0 unspecified atom stereocenters. The van der Waals surface area contributed by atoms with Gasteiger partial charge in [0.25, 0.3) is 5.91 Å². The van der Waals surface area contributed by atoms with Crippen molar-refractivity contribution in [2.24, 2.45) is 0 Å². The number of carbonyl (C=O) groups is 1. The summed E-state index contributed by atoms with van der Waals surface area (Å²) in [5, 5.41) is 3.23. The average molecular weight is 409 g/mol. The largest absolute Gasteiger partial charge is 0.494 e. The second-order valence-corrected chi connectivity index (χ2v) is 6.16. The van der Waals surface area contributed by atoms with E-state index in [0.717, 1.165) is 5.75 Å². The van der Waals surface area contributed by atoms with Crippen LogP contribution in [0.25, 0.3) is 0 Å². The SMILES string of the molecule is CCOc1ccc(NC(=O)COc2c(Cl)cc(Cl)c(Cl)c2Cl)cc1. The van der Waals surface area contributed by atoms with Crippen molar-refractivity contribution in [3.8, 4) is 11.5 Å². The molecule has 0 atom stereocenters. The zero-order valence-electron chi connectivity index (χ0n) is 12.5. The fraction of sp³-hybridized carbons (Fsp3) is 0.188. The van der Waals surface area contributed by atoms with Crippen LogP contribution < -0.4 is 14.8 Å². The highest BCUT2D eigenvalue weighted by Crippen LogP contribution is 2.42. The maximum absolute atomic E-state index is 12.0. The van der Waals surface area contributed by atoms with E-state index < -0.39 is 0 Å². The molecule has 0 aliphatic rings. The van der Waals surface area contributed by atoms with E-state index in [4.69, 9.17) is 55.9 Å². The van der Waals surface area contributed by atoms with Crippen LogP contribution in [0.1, 0.15) is 6.92 Å². The summed E-state index contributed by atoms with van der Waals surface area (Å²) in [6.45, 7) is 2.18. The molecule has 0 radical (unpaired) electrons. The monoisotopic (exact) mass is 407 g/mol. The number of anilines is 1. The maximum Gasteiger partial charge on any atom is 0.262 e. The second kappa shape index (κ2) is 8.67.